The maximum atomic E-state index is 2.55. The van der Waals surface area contributed by atoms with Crippen LogP contribution in [0.2, 0.25) is 0 Å². The van der Waals surface area contributed by atoms with Crippen molar-refractivity contribution in [1.82, 2.24) is 0 Å². The molecule has 50 heavy (non-hydrogen) atoms. The Morgan fingerprint density at radius 3 is 1.96 bits per heavy atom. The zero-order valence-corrected chi connectivity index (χ0v) is 29.5. The van der Waals surface area contributed by atoms with Crippen LogP contribution in [0.25, 0.3) is 33.4 Å². The van der Waals surface area contributed by atoms with E-state index < -0.39 is 0 Å². The molecule has 10 rings (SSSR count). The van der Waals surface area contributed by atoms with E-state index in [2.05, 4.69) is 165 Å². The van der Waals surface area contributed by atoms with Crippen molar-refractivity contribution in [3.05, 3.63) is 162 Å². The lowest BCUT2D eigenvalue weighted by molar-refractivity contribution is 0.144. The second kappa shape index (κ2) is 11.1. The fraction of sp³-hybridized carbons (Fsp3) is 0.265. The van der Waals surface area contributed by atoms with Crippen molar-refractivity contribution in [3.8, 4) is 33.4 Å². The first kappa shape index (κ1) is 30.0. The summed E-state index contributed by atoms with van der Waals surface area (Å²) in [5.41, 5.74) is 17.8. The summed E-state index contributed by atoms with van der Waals surface area (Å²) in [5.74, 6) is 2.33. The topological polar surface area (TPSA) is 3.24 Å². The molecule has 1 nitrogen and oxygen atoms in total. The van der Waals surface area contributed by atoms with Gasteiger partial charge in [-0.2, -0.15) is 0 Å². The predicted molar refractivity (Wildman–Crippen MR) is 210 cm³/mol. The van der Waals surface area contributed by atoms with E-state index in [1.807, 2.05) is 0 Å². The predicted octanol–water partition coefficient (Wildman–Crippen LogP) is 13.2. The molecule has 2 fully saturated rings. The summed E-state index contributed by atoms with van der Waals surface area (Å²) < 4.78 is 0. The molecule has 1 heteroatoms. The number of rotatable bonds is 5. The van der Waals surface area contributed by atoms with Gasteiger partial charge in [-0.05, 0) is 117 Å². The highest BCUT2D eigenvalue weighted by Crippen LogP contribution is 2.66. The monoisotopic (exact) mass is 647 g/mol. The van der Waals surface area contributed by atoms with Crippen molar-refractivity contribution in [1.29, 1.82) is 0 Å². The Bertz CT molecular complexity index is 2280. The average Bonchev–Trinajstić information content (AvgIpc) is 3.77. The van der Waals surface area contributed by atoms with Crippen molar-refractivity contribution < 1.29 is 0 Å². The molecule has 0 heterocycles. The van der Waals surface area contributed by atoms with Gasteiger partial charge in [-0.3, -0.25) is 0 Å². The Morgan fingerprint density at radius 1 is 0.540 bits per heavy atom. The molecule has 6 aromatic rings. The molecule has 1 unspecified atom stereocenters. The molecule has 4 atom stereocenters. The highest BCUT2D eigenvalue weighted by Gasteiger charge is 2.57. The molecule has 0 N–H and O–H groups in total. The Kier molecular flexibility index (Phi) is 6.63. The van der Waals surface area contributed by atoms with Gasteiger partial charge in [0.05, 0.1) is 5.69 Å². The first-order valence-electron chi connectivity index (χ1n) is 18.9. The fourth-order valence-corrected chi connectivity index (χ4v) is 11.3. The van der Waals surface area contributed by atoms with Crippen LogP contribution in [0.5, 0.6) is 0 Å². The summed E-state index contributed by atoms with van der Waals surface area (Å²) in [7, 11) is 0. The molecule has 1 spiro atoms. The van der Waals surface area contributed by atoms with Crippen LogP contribution in [0.15, 0.2) is 140 Å². The lowest BCUT2D eigenvalue weighted by atomic mass is 9.55. The third kappa shape index (κ3) is 4.07. The SMILES string of the molecule is CC[C@@H]1C[C@@H]2CC[C@@H](C2)C12c1ccccc1-c1cc(N(c3ccc4c(c3)C(C)(C)c3ccccc3-4)c3ccccc3-c3ccccc3)ccc12. The van der Waals surface area contributed by atoms with Crippen molar-refractivity contribution >= 4 is 17.1 Å². The molecule has 0 radical (unpaired) electrons. The summed E-state index contributed by atoms with van der Waals surface area (Å²) in [6.45, 7) is 7.22. The molecule has 246 valence electrons. The zero-order chi connectivity index (χ0) is 33.6. The number of hydrogen-bond acceptors (Lipinski definition) is 1. The van der Waals surface area contributed by atoms with Gasteiger partial charge in [-0.25, -0.2) is 0 Å². The first-order chi connectivity index (χ1) is 24.5. The van der Waals surface area contributed by atoms with E-state index in [4.69, 9.17) is 0 Å². The highest BCUT2D eigenvalue weighted by molar-refractivity contribution is 5.93. The van der Waals surface area contributed by atoms with Gasteiger partial charge < -0.3 is 4.90 Å². The van der Waals surface area contributed by atoms with Gasteiger partial charge in [0, 0.05) is 27.8 Å². The second-order valence-corrected chi connectivity index (χ2v) is 16.0. The summed E-state index contributed by atoms with van der Waals surface area (Å²) in [4.78, 5) is 2.54. The highest BCUT2D eigenvalue weighted by atomic mass is 15.1. The number of benzene rings is 6. The maximum Gasteiger partial charge on any atom is 0.0540 e. The van der Waals surface area contributed by atoms with E-state index in [1.165, 1.54) is 93.7 Å². The van der Waals surface area contributed by atoms with Gasteiger partial charge in [-0.1, -0.05) is 143 Å². The van der Waals surface area contributed by atoms with Crippen LogP contribution in [0.1, 0.15) is 75.1 Å². The van der Waals surface area contributed by atoms with E-state index >= 15 is 0 Å². The van der Waals surface area contributed by atoms with Gasteiger partial charge in [-0.15, -0.1) is 0 Å². The maximum absolute atomic E-state index is 2.55. The van der Waals surface area contributed by atoms with Crippen LogP contribution >= 0.6 is 0 Å². The van der Waals surface area contributed by atoms with Crippen LogP contribution in [0.3, 0.4) is 0 Å². The summed E-state index contributed by atoms with van der Waals surface area (Å²) in [6, 6.07) is 53.1. The Morgan fingerprint density at radius 2 is 1.16 bits per heavy atom. The minimum atomic E-state index is -0.0783. The van der Waals surface area contributed by atoms with Crippen LogP contribution in [0, 0.1) is 17.8 Å². The van der Waals surface area contributed by atoms with Gasteiger partial charge >= 0.3 is 0 Å². The minimum absolute atomic E-state index is 0.0783. The standard InChI is InChI=1S/C49H45N/c1-4-34-28-32-22-23-35(29-32)49(34)44-20-12-9-18-40(44)42-30-36(25-27-45(42)49)50(47-21-13-10-16-38(47)33-14-6-5-7-15-33)37-24-26-41-39-17-8-11-19-43(39)48(2,3)46(41)31-37/h5-21,24-27,30-32,34-35H,4,22-23,28-29H2,1-3H3/t32-,34+,35-,49?/m0/s1. The summed E-state index contributed by atoms with van der Waals surface area (Å²) >= 11 is 0. The molecule has 6 aromatic carbocycles. The van der Waals surface area contributed by atoms with Crippen molar-refractivity contribution in [2.75, 3.05) is 4.90 Å². The molecule has 2 bridgehead atoms. The third-order valence-electron chi connectivity index (χ3n) is 13.4. The third-order valence-corrected chi connectivity index (χ3v) is 13.4. The van der Waals surface area contributed by atoms with Gasteiger partial charge in [0.15, 0.2) is 0 Å². The Hall–Kier alpha value is -4.88. The van der Waals surface area contributed by atoms with Crippen LogP contribution in [-0.2, 0) is 10.8 Å². The number of anilines is 3. The zero-order valence-electron chi connectivity index (χ0n) is 29.5. The lowest BCUT2D eigenvalue weighted by Gasteiger charge is -2.48. The largest absolute Gasteiger partial charge is 0.310 e. The molecule has 4 aliphatic rings. The fourth-order valence-electron chi connectivity index (χ4n) is 11.3. The van der Waals surface area contributed by atoms with Crippen molar-refractivity contribution in [2.24, 2.45) is 17.8 Å². The molecule has 0 saturated heterocycles. The normalized spacial score (nSPS) is 23.3. The van der Waals surface area contributed by atoms with Crippen LogP contribution in [-0.4, -0.2) is 0 Å². The second-order valence-electron chi connectivity index (χ2n) is 16.0. The van der Waals surface area contributed by atoms with E-state index in [0.717, 1.165) is 11.8 Å². The molecular weight excluding hydrogens is 603 g/mol. The van der Waals surface area contributed by atoms with Crippen molar-refractivity contribution in [3.63, 3.8) is 0 Å². The van der Waals surface area contributed by atoms with Crippen LogP contribution in [0.4, 0.5) is 17.1 Å². The lowest BCUT2D eigenvalue weighted by Crippen LogP contribution is -2.44. The average molecular weight is 648 g/mol. The van der Waals surface area contributed by atoms with E-state index in [1.54, 1.807) is 11.1 Å². The number of para-hydroxylation sites is 1. The Labute approximate surface area is 297 Å². The Balaban J connectivity index is 1.21. The van der Waals surface area contributed by atoms with E-state index in [-0.39, 0.29) is 10.8 Å². The number of hydrogen-bond donors (Lipinski definition) is 0. The molecule has 2 saturated carbocycles. The molecule has 0 aliphatic heterocycles. The van der Waals surface area contributed by atoms with E-state index in [0.29, 0.717) is 5.92 Å². The van der Waals surface area contributed by atoms with Gasteiger partial charge in [0.25, 0.3) is 0 Å². The van der Waals surface area contributed by atoms with Gasteiger partial charge in [0.1, 0.15) is 0 Å². The smallest absolute Gasteiger partial charge is 0.0540 e. The van der Waals surface area contributed by atoms with Crippen LogP contribution < -0.4 is 4.90 Å². The molecular formula is C49H45N. The summed E-state index contributed by atoms with van der Waals surface area (Å²) in [5, 5.41) is 0. The minimum Gasteiger partial charge on any atom is -0.310 e. The number of fused-ring (bicyclic) bond motifs is 11. The first-order valence-corrected chi connectivity index (χ1v) is 18.9. The number of nitrogens with zero attached hydrogens (tertiary/aromatic N) is 1. The van der Waals surface area contributed by atoms with Crippen molar-refractivity contribution in [2.45, 2.75) is 63.7 Å². The van der Waals surface area contributed by atoms with Gasteiger partial charge in [0.2, 0.25) is 0 Å². The summed E-state index contributed by atoms with van der Waals surface area (Å²) in [6.07, 6.45) is 6.76. The molecule has 4 aliphatic carbocycles. The molecule has 0 amide bonds. The van der Waals surface area contributed by atoms with E-state index in [9.17, 15) is 0 Å². The molecule has 0 aromatic heterocycles. The quantitative estimate of drug-likeness (QED) is 0.180.